The van der Waals surface area contributed by atoms with Crippen LogP contribution in [0.4, 0.5) is 0 Å². The van der Waals surface area contributed by atoms with Crippen LogP contribution in [-0.2, 0) is 11.3 Å². The zero-order valence-electron chi connectivity index (χ0n) is 11.9. The summed E-state index contributed by atoms with van der Waals surface area (Å²) in [5.41, 5.74) is 1.10. The Balaban J connectivity index is 2.48. The number of aromatic nitrogens is 1. The van der Waals surface area contributed by atoms with Gasteiger partial charge in [0.05, 0.1) is 10.2 Å². The SMILES string of the molecule is CCCCC(=O)N=c1sc2cc(Cl)ccc2n1CCC. The Bertz CT molecular complexity index is 672. The van der Waals surface area contributed by atoms with Crippen LogP contribution in [0.5, 0.6) is 0 Å². The first-order valence-corrected chi connectivity index (χ1v) is 8.21. The van der Waals surface area contributed by atoms with Crippen molar-refractivity contribution < 1.29 is 4.79 Å². The lowest BCUT2D eigenvalue weighted by molar-refractivity contribution is -0.118. The molecule has 5 heteroatoms. The second-order valence-electron chi connectivity index (χ2n) is 4.76. The van der Waals surface area contributed by atoms with Crippen LogP contribution in [0.2, 0.25) is 5.02 Å². The number of thiazole rings is 1. The number of amides is 1. The van der Waals surface area contributed by atoms with E-state index in [0.717, 1.165) is 40.8 Å². The number of carbonyl (C=O) groups excluding carboxylic acids is 1. The first-order valence-electron chi connectivity index (χ1n) is 7.02. The Morgan fingerprint density at radius 3 is 2.85 bits per heavy atom. The molecule has 2 aromatic rings. The van der Waals surface area contributed by atoms with Crippen molar-refractivity contribution in [3.8, 4) is 0 Å². The molecular formula is C15H19ClN2OS. The molecule has 0 unspecified atom stereocenters. The second kappa shape index (κ2) is 7.04. The maximum Gasteiger partial charge on any atom is 0.248 e. The van der Waals surface area contributed by atoms with Gasteiger partial charge in [-0.3, -0.25) is 4.79 Å². The summed E-state index contributed by atoms with van der Waals surface area (Å²) in [6.07, 6.45) is 3.44. The fourth-order valence-electron chi connectivity index (χ4n) is 2.06. The third kappa shape index (κ3) is 3.49. The number of rotatable bonds is 5. The van der Waals surface area contributed by atoms with Gasteiger partial charge in [0.15, 0.2) is 4.80 Å². The highest BCUT2D eigenvalue weighted by Gasteiger charge is 2.07. The second-order valence-corrected chi connectivity index (χ2v) is 6.20. The maximum absolute atomic E-state index is 11.9. The van der Waals surface area contributed by atoms with Gasteiger partial charge < -0.3 is 4.57 Å². The molecule has 0 fully saturated rings. The smallest absolute Gasteiger partial charge is 0.248 e. The van der Waals surface area contributed by atoms with Crippen LogP contribution in [0.3, 0.4) is 0 Å². The summed E-state index contributed by atoms with van der Waals surface area (Å²) < 4.78 is 3.19. The van der Waals surface area contributed by atoms with Gasteiger partial charge in [-0.2, -0.15) is 4.99 Å². The fraction of sp³-hybridized carbons (Fsp3) is 0.467. The number of unbranched alkanes of at least 4 members (excludes halogenated alkanes) is 1. The Hall–Kier alpha value is -1.13. The fourth-order valence-corrected chi connectivity index (χ4v) is 3.41. The molecule has 1 heterocycles. The van der Waals surface area contributed by atoms with Crippen LogP contribution in [0.1, 0.15) is 39.5 Å². The van der Waals surface area contributed by atoms with Gasteiger partial charge in [-0.15, -0.1) is 0 Å². The van der Waals surface area contributed by atoms with Gasteiger partial charge in [0.2, 0.25) is 5.91 Å². The van der Waals surface area contributed by atoms with E-state index in [-0.39, 0.29) is 5.91 Å². The summed E-state index contributed by atoms with van der Waals surface area (Å²) in [7, 11) is 0. The maximum atomic E-state index is 11.9. The molecule has 3 nitrogen and oxygen atoms in total. The molecule has 0 aliphatic rings. The zero-order chi connectivity index (χ0) is 14.5. The molecule has 108 valence electrons. The number of carbonyl (C=O) groups is 1. The number of halogens is 1. The van der Waals surface area contributed by atoms with E-state index in [2.05, 4.69) is 23.4 Å². The van der Waals surface area contributed by atoms with Crippen molar-refractivity contribution in [1.82, 2.24) is 4.57 Å². The van der Waals surface area contributed by atoms with Gasteiger partial charge in [0, 0.05) is 18.0 Å². The Labute approximate surface area is 127 Å². The summed E-state index contributed by atoms with van der Waals surface area (Å²) in [4.78, 5) is 16.9. The van der Waals surface area contributed by atoms with Crippen molar-refractivity contribution in [2.24, 2.45) is 4.99 Å². The van der Waals surface area contributed by atoms with Gasteiger partial charge in [-0.1, -0.05) is 43.2 Å². The summed E-state index contributed by atoms with van der Waals surface area (Å²) in [5, 5.41) is 0.714. The third-order valence-corrected chi connectivity index (χ3v) is 4.33. The van der Waals surface area contributed by atoms with Gasteiger partial charge in [0.25, 0.3) is 0 Å². The van der Waals surface area contributed by atoms with Crippen molar-refractivity contribution in [3.63, 3.8) is 0 Å². The van der Waals surface area contributed by atoms with Gasteiger partial charge in [0.1, 0.15) is 0 Å². The Morgan fingerprint density at radius 2 is 2.15 bits per heavy atom. The van der Waals surface area contributed by atoms with Crippen LogP contribution >= 0.6 is 22.9 Å². The molecule has 1 amide bonds. The minimum atomic E-state index is -0.0330. The normalized spacial score (nSPS) is 12.2. The number of hydrogen-bond acceptors (Lipinski definition) is 2. The minimum Gasteiger partial charge on any atom is -0.316 e. The van der Waals surface area contributed by atoms with Crippen LogP contribution in [-0.4, -0.2) is 10.5 Å². The third-order valence-electron chi connectivity index (χ3n) is 3.06. The first kappa shape index (κ1) is 15.3. The predicted octanol–water partition coefficient (Wildman–Crippen LogP) is 4.38. The first-order chi connectivity index (χ1) is 9.65. The quantitative estimate of drug-likeness (QED) is 0.806. The number of hydrogen-bond donors (Lipinski definition) is 0. The molecule has 2 rings (SSSR count). The van der Waals surface area contributed by atoms with E-state index in [0.29, 0.717) is 11.4 Å². The molecular weight excluding hydrogens is 292 g/mol. The van der Waals surface area contributed by atoms with Crippen LogP contribution in [0.15, 0.2) is 23.2 Å². The van der Waals surface area contributed by atoms with E-state index in [4.69, 9.17) is 11.6 Å². The van der Waals surface area contributed by atoms with E-state index in [1.807, 2.05) is 18.2 Å². The zero-order valence-corrected chi connectivity index (χ0v) is 13.4. The lowest BCUT2D eigenvalue weighted by Gasteiger charge is -2.02. The lowest BCUT2D eigenvalue weighted by Crippen LogP contribution is -2.16. The van der Waals surface area contributed by atoms with E-state index < -0.39 is 0 Å². The van der Waals surface area contributed by atoms with Crippen molar-refractivity contribution in [2.75, 3.05) is 0 Å². The molecule has 20 heavy (non-hydrogen) atoms. The van der Waals surface area contributed by atoms with Gasteiger partial charge >= 0.3 is 0 Å². The monoisotopic (exact) mass is 310 g/mol. The predicted molar refractivity (Wildman–Crippen MR) is 85.2 cm³/mol. The summed E-state index contributed by atoms with van der Waals surface area (Å²) >= 11 is 7.56. The van der Waals surface area contributed by atoms with Crippen molar-refractivity contribution >= 4 is 39.1 Å². The highest BCUT2D eigenvalue weighted by molar-refractivity contribution is 7.16. The Morgan fingerprint density at radius 1 is 1.35 bits per heavy atom. The van der Waals surface area contributed by atoms with Crippen molar-refractivity contribution in [2.45, 2.75) is 46.1 Å². The van der Waals surface area contributed by atoms with Crippen molar-refractivity contribution in [3.05, 3.63) is 28.0 Å². The molecule has 0 spiro atoms. The van der Waals surface area contributed by atoms with Crippen LogP contribution in [0.25, 0.3) is 10.2 Å². The molecule has 0 aliphatic heterocycles. The highest BCUT2D eigenvalue weighted by Crippen LogP contribution is 2.22. The van der Waals surface area contributed by atoms with Gasteiger partial charge in [-0.05, 0) is 31.0 Å². The highest BCUT2D eigenvalue weighted by atomic mass is 35.5. The summed E-state index contributed by atoms with van der Waals surface area (Å²) in [5.74, 6) is -0.0330. The Kier molecular flexibility index (Phi) is 5.38. The topological polar surface area (TPSA) is 34.4 Å². The van der Waals surface area contributed by atoms with E-state index in [9.17, 15) is 4.79 Å². The van der Waals surface area contributed by atoms with Crippen LogP contribution < -0.4 is 4.80 Å². The number of nitrogens with zero attached hydrogens (tertiary/aromatic N) is 2. The average Bonchev–Trinajstić information content (AvgIpc) is 2.74. The molecule has 0 bridgehead atoms. The van der Waals surface area contributed by atoms with Crippen molar-refractivity contribution in [1.29, 1.82) is 0 Å². The van der Waals surface area contributed by atoms with E-state index in [1.54, 1.807) is 0 Å². The molecule has 1 aromatic carbocycles. The number of aryl methyl sites for hydroxylation is 1. The average molecular weight is 311 g/mol. The van der Waals surface area contributed by atoms with E-state index in [1.165, 1.54) is 11.3 Å². The summed E-state index contributed by atoms with van der Waals surface area (Å²) in [6.45, 7) is 5.06. The number of fused-ring (bicyclic) bond motifs is 1. The molecule has 0 N–H and O–H groups in total. The molecule has 1 aromatic heterocycles. The van der Waals surface area contributed by atoms with Gasteiger partial charge in [-0.25, -0.2) is 0 Å². The molecule has 0 radical (unpaired) electrons. The summed E-state index contributed by atoms with van der Waals surface area (Å²) in [6, 6.07) is 5.81. The standard InChI is InChI=1S/C15H19ClN2OS/c1-3-5-6-14(19)17-15-18(9-4-2)12-8-7-11(16)10-13(12)20-15/h7-8,10H,3-6,9H2,1-2H3. The number of benzene rings is 1. The van der Waals surface area contributed by atoms with Crippen LogP contribution in [0, 0.1) is 0 Å². The molecule has 0 atom stereocenters. The largest absolute Gasteiger partial charge is 0.316 e. The minimum absolute atomic E-state index is 0.0330. The molecule has 0 aliphatic carbocycles. The lowest BCUT2D eigenvalue weighted by atomic mass is 10.2. The molecule has 0 saturated heterocycles. The molecule has 0 saturated carbocycles. The van der Waals surface area contributed by atoms with E-state index >= 15 is 0 Å².